The first-order chi connectivity index (χ1) is 16.0. The maximum absolute atomic E-state index is 5.49. The van der Waals surface area contributed by atoms with Crippen LogP contribution < -0.4 is 23.7 Å². The van der Waals surface area contributed by atoms with Crippen LogP contribution in [0, 0.1) is 6.92 Å². The van der Waals surface area contributed by atoms with Gasteiger partial charge in [0.1, 0.15) is 0 Å². The standard InChI is InChI=1S/C22H23N5O6/c1-12-19(24-26-27(12)14-7-8-15(28-2)16(11-14)29-3)22-23-21(25-33-22)13-9-17(30-4)20(32-6)18(10-13)31-5/h7-11H,1-6H3. The average molecular weight is 453 g/mol. The number of hydrogen-bond donors (Lipinski definition) is 0. The number of rotatable bonds is 8. The number of methoxy groups -OCH3 is 5. The van der Waals surface area contributed by atoms with E-state index in [0.717, 1.165) is 5.69 Å². The molecule has 2 heterocycles. The minimum absolute atomic E-state index is 0.225. The van der Waals surface area contributed by atoms with Crippen molar-refractivity contribution >= 4 is 0 Å². The van der Waals surface area contributed by atoms with E-state index in [-0.39, 0.29) is 5.89 Å². The molecule has 0 amide bonds. The molecule has 0 N–H and O–H groups in total. The van der Waals surface area contributed by atoms with Crippen molar-refractivity contribution < 1.29 is 28.2 Å². The van der Waals surface area contributed by atoms with Gasteiger partial charge in [0.2, 0.25) is 11.6 Å². The van der Waals surface area contributed by atoms with Crippen LogP contribution in [0.25, 0.3) is 28.7 Å². The number of hydrogen-bond acceptors (Lipinski definition) is 10. The van der Waals surface area contributed by atoms with Gasteiger partial charge in [0.25, 0.3) is 5.89 Å². The highest BCUT2D eigenvalue weighted by Crippen LogP contribution is 2.41. The predicted octanol–water partition coefficient (Wildman–Crippen LogP) is 3.34. The largest absolute Gasteiger partial charge is 0.493 e. The van der Waals surface area contributed by atoms with Gasteiger partial charge in [0.15, 0.2) is 28.7 Å². The highest BCUT2D eigenvalue weighted by atomic mass is 16.5. The molecule has 0 aliphatic rings. The van der Waals surface area contributed by atoms with Crippen molar-refractivity contribution in [2.45, 2.75) is 6.92 Å². The molecule has 0 saturated heterocycles. The molecule has 0 spiro atoms. The van der Waals surface area contributed by atoms with Crippen LogP contribution in [0.15, 0.2) is 34.9 Å². The molecule has 11 nitrogen and oxygen atoms in total. The quantitative estimate of drug-likeness (QED) is 0.393. The van der Waals surface area contributed by atoms with Crippen molar-refractivity contribution in [2.24, 2.45) is 0 Å². The second-order valence-electron chi connectivity index (χ2n) is 6.81. The number of aromatic nitrogens is 5. The zero-order valence-corrected chi connectivity index (χ0v) is 19.1. The maximum Gasteiger partial charge on any atom is 0.280 e. The molecule has 0 atom stereocenters. The molecule has 33 heavy (non-hydrogen) atoms. The van der Waals surface area contributed by atoms with Crippen molar-refractivity contribution in [3.05, 3.63) is 36.0 Å². The van der Waals surface area contributed by atoms with E-state index in [1.165, 1.54) is 7.11 Å². The predicted molar refractivity (Wildman–Crippen MR) is 118 cm³/mol. The fourth-order valence-electron chi connectivity index (χ4n) is 3.38. The molecule has 2 aromatic heterocycles. The van der Waals surface area contributed by atoms with E-state index in [0.29, 0.717) is 51.5 Å². The van der Waals surface area contributed by atoms with Crippen molar-refractivity contribution in [2.75, 3.05) is 35.5 Å². The molecule has 4 aromatic rings. The summed E-state index contributed by atoms with van der Waals surface area (Å²) in [5, 5.41) is 12.6. The minimum Gasteiger partial charge on any atom is -0.493 e. The van der Waals surface area contributed by atoms with Crippen molar-refractivity contribution in [3.8, 4) is 57.4 Å². The Morgan fingerprint density at radius 2 is 1.45 bits per heavy atom. The second-order valence-corrected chi connectivity index (χ2v) is 6.81. The third-order valence-corrected chi connectivity index (χ3v) is 5.06. The second kappa shape index (κ2) is 9.07. The fourth-order valence-corrected chi connectivity index (χ4v) is 3.38. The summed E-state index contributed by atoms with van der Waals surface area (Å²) in [5.41, 5.74) is 2.54. The molecule has 4 rings (SSSR count). The molecule has 0 unspecified atom stereocenters. The molecular formula is C22H23N5O6. The Hall–Kier alpha value is -4.28. The number of ether oxygens (including phenoxy) is 5. The Labute approximate surface area is 189 Å². The van der Waals surface area contributed by atoms with Gasteiger partial charge in [-0.1, -0.05) is 10.4 Å². The van der Waals surface area contributed by atoms with Gasteiger partial charge >= 0.3 is 0 Å². The Balaban J connectivity index is 1.70. The highest BCUT2D eigenvalue weighted by molar-refractivity contribution is 5.67. The van der Waals surface area contributed by atoms with E-state index in [4.69, 9.17) is 28.2 Å². The van der Waals surface area contributed by atoms with E-state index in [2.05, 4.69) is 20.5 Å². The lowest BCUT2D eigenvalue weighted by atomic mass is 10.1. The van der Waals surface area contributed by atoms with E-state index in [1.54, 1.807) is 57.4 Å². The van der Waals surface area contributed by atoms with Gasteiger partial charge < -0.3 is 28.2 Å². The van der Waals surface area contributed by atoms with Crippen molar-refractivity contribution in [1.82, 2.24) is 25.1 Å². The minimum atomic E-state index is 0.225. The maximum atomic E-state index is 5.49. The third kappa shape index (κ3) is 3.88. The Kier molecular flexibility index (Phi) is 6.03. The molecule has 0 bridgehead atoms. The van der Waals surface area contributed by atoms with Crippen LogP contribution in [0.1, 0.15) is 5.69 Å². The summed E-state index contributed by atoms with van der Waals surface area (Å²) in [4.78, 5) is 4.50. The number of nitrogens with zero attached hydrogens (tertiary/aromatic N) is 5. The van der Waals surface area contributed by atoms with Crippen LogP contribution in [0.3, 0.4) is 0 Å². The monoisotopic (exact) mass is 453 g/mol. The average Bonchev–Trinajstić information content (AvgIpc) is 3.49. The summed E-state index contributed by atoms with van der Waals surface area (Å²) in [6.45, 7) is 1.86. The van der Waals surface area contributed by atoms with Crippen LogP contribution in [0.4, 0.5) is 0 Å². The van der Waals surface area contributed by atoms with Gasteiger partial charge in [0.05, 0.1) is 46.9 Å². The molecule has 0 radical (unpaired) electrons. The zero-order chi connectivity index (χ0) is 23.5. The van der Waals surface area contributed by atoms with Crippen LogP contribution in [0.2, 0.25) is 0 Å². The van der Waals surface area contributed by atoms with Gasteiger partial charge in [-0.15, -0.1) is 5.10 Å². The molecule has 11 heteroatoms. The summed E-state index contributed by atoms with van der Waals surface area (Å²) < 4.78 is 34.0. The Morgan fingerprint density at radius 1 is 0.788 bits per heavy atom. The molecule has 172 valence electrons. The Bertz CT molecular complexity index is 1260. The normalized spacial score (nSPS) is 10.7. The smallest absolute Gasteiger partial charge is 0.280 e. The van der Waals surface area contributed by atoms with Gasteiger partial charge in [0, 0.05) is 11.6 Å². The van der Waals surface area contributed by atoms with Crippen LogP contribution >= 0.6 is 0 Å². The summed E-state index contributed by atoms with van der Waals surface area (Å²) in [6, 6.07) is 8.93. The fraction of sp³-hybridized carbons (Fsp3) is 0.273. The van der Waals surface area contributed by atoms with Crippen molar-refractivity contribution in [3.63, 3.8) is 0 Å². The lowest BCUT2D eigenvalue weighted by Crippen LogP contribution is -2.00. The van der Waals surface area contributed by atoms with Crippen LogP contribution in [-0.2, 0) is 0 Å². The van der Waals surface area contributed by atoms with E-state index in [9.17, 15) is 0 Å². The molecule has 2 aromatic carbocycles. The molecule has 0 saturated carbocycles. The topological polar surface area (TPSA) is 116 Å². The molecular weight excluding hydrogens is 430 g/mol. The van der Waals surface area contributed by atoms with Gasteiger partial charge in [-0.05, 0) is 31.2 Å². The summed E-state index contributed by atoms with van der Waals surface area (Å²) in [5.74, 6) is 3.19. The van der Waals surface area contributed by atoms with Gasteiger partial charge in [-0.2, -0.15) is 4.98 Å². The SMILES string of the molecule is COc1ccc(-n2nnc(-c3nc(-c4cc(OC)c(OC)c(OC)c4)no3)c2C)cc1OC. The molecule has 0 aliphatic carbocycles. The van der Waals surface area contributed by atoms with Gasteiger partial charge in [-0.3, -0.25) is 0 Å². The molecule has 0 aliphatic heterocycles. The van der Waals surface area contributed by atoms with Crippen molar-refractivity contribution in [1.29, 1.82) is 0 Å². The first kappa shape index (κ1) is 21.9. The highest BCUT2D eigenvalue weighted by Gasteiger charge is 2.22. The van der Waals surface area contributed by atoms with E-state index < -0.39 is 0 Å². The third-order valence-electron chi connectivity index (χ3n) is 5.06. The van der Waals surface area contributed by atoms with E-state index >= 15 is 0 Å². The Morgan fingerprint density at radius 3 is 2.06 bits per heavy atom. The lowest BCUT2D eigenvalue weighted by molar-refractivity contribution is 0.324. The van der Waals surface area contributed by atoms with Crippen LogP contribution in [-0.4, -0.2) is 60.7 Å². The first-order valence-corrected chi connectivity index (χ1v) is 9.83. The van der Waals surface area contributed by atoms with E-state index in [1.807, 2.05) is 13.0 Å². The zero-order valence-electron chi connectivity index (χ0n) is 19.1. The lowest BCUT2D eigenvalue weighted by Gasteiger charge is -2.12. The first-order valence-electron chi connectivity index (χ1n) is 9.83. The summed E-state index contributed by atoms with van der Waals surface area (Å²) in [7, 11) is 7.77. The van der Waals surface area contributed by atoms with Gasteiger partial charge in [-0.25, -0.2) is 4.68 Å². The number of benzene rings is 2. The van der Waals surface area contributed by atoms with Crippen LogP contribution in [0.5, 0.6) is 28.7 Å². The molecule has 0 fully saturated rings. The summed E-state index contributed by atoms with van der Waals surface area (Å²) >= 11 is 0. The summed E-state index contributed by atoms with van der Waals surface area (Å²) in [6.07, 6.45) is 0.